The topological polar surface area (TPSA) is 63.6 Å². The number of nitrogens with two attached hydrogens (primary N) is 1. The zero-order valence-corrected chi connectivity index (χ0v) is 15.7. The Bertz CT molecular complexity index is 1020. The third-order valence-electron chi connectivity index (χ3n) is 5.47. The zero-order chi connectivity index (χ0) is 20.6. The lowest BCUT2D eigenvalue weighted by molar-refractivity contribution is -0.179. The number of anilines is 1. The molecule has 5 nitrogen and oxygen atoms in total. The number of primary amides is 1. The number of nitrogens with zero attached hydrogens (tertiary/aromatic N) is 3. The number of pyridine rings is 1. The molecule has 1 aromatic carbocycles. The van der Waals surface area contributed by atoms with Crippen molar-refractivity contribution in [2.24, 2.45) is 11.7 Å². The second-order valence-electron chi connectivity index (χ2n) is 7.35. The largest absolute Gasteiger partial charge is 0.391 e. The van der Waals surface area contributed by atoms with Gasteiger partial charge in [0, 0.05) is 31.4 Å². The molecular weight excluding hydrogens is 381 g/mol. The van der Waals surface area contributed by atoms with E-state index in [4.69, 9.17) is 5.73 Å². The van der Waals surface area contributed by atoms with Gasteiger partial charge in [-0.2, -0.15) is 13.2 Å². The number of hydrogen-bond donors (Lipinski definition) is 1. The van der Waals surface area contributed by atoms with Crippen molar-refractivity contribution in [1.82, 2.24) is 9.38 Å². The van der Waals surface area contributed by atoms with Gasteiger partial charge in [0.2, 0.25) is 0 Å². The van der Waals surface area contributed by atoms with Gasteiger partial charge in [0.1, 0.15) is 11.3 Å². The smallest absolute Gasteiger partial charge is 0.372 e. The van der Waals surface area contributed by atoms with Gasteiger partial charge in [-0.15, -0.1) is 0 Å². The molecule has 0 saturated carbocycles. The molecular formula is C21H21F3N4O. The molecule has 1 saturated heterocycles. The summed E-state index contributed by atoms with van der Waals surface area (Å²) in [5.74, 6) is -1.75. The molecule has 1 amide bonds. The van der Waals surface area contributed by atoms with E-state index < -0.39 is 18.0 Å². The van der Waals surface area contributed by atoms with Crippen molar-refractivity contribution in [3.63, 3.8) is 0 Å². The fourth-order valence-electron chi connectivity index (χ4n) is 3.91. The molecule has 3 heterocycles. The van der Waals surface area contributed by atoms with Crippen LogP contribution in [0.2, 0.25) is 0 Å². The normalized spacial score (nSPS) is 15.8. The van der Waals surface area contributed by atoms with Gasteiger partial charge in [0.05, 0.1) is 11.6 Å². The Hall–Kier alpha value is -3.03. The highest BCUT2D eigenvalue weighted by Gasteiger charge is 2.41. The first kappa shape index (κ1) is 19.3. The summed E-state index contributed by atoms with van der Waals surface area (Å²) < 4.78 is 40.2. The van der Waals surface area contributed by atoms with Crippen molar-refractivity contribution in [2.75, 3.05) is 18.0 Å². The molecule has 2 aromatic heterocycles. The predicted octanol–water partition coefficient (Wildman–Crippen LogP) is 3.80. The third kappa shape index (κ3) is 3.92. The summed E-state index contributed by atoms with van der Waals surface area (Å²) in [7, 11) is 0. The minimum absolute atomic E-state index is 0.120. The first-order valence-electron chi connectivity index (χ1n) is 9.49. The highest BCUT2D eigenvalue weighted by molar-refractivity contribution is 5.93. The van der Waals surface area contributed by atoms with Crippen LogP contribution in [0, 0.1) is 5.92 Å². The molecule has 3 aromatic rings. The van der Waals surface area contributed by atoms with Crippen molar-refractivity contribution < 1.29 is 18.0 Å². The van der Waals surface area contributed by atoms with Crippen LogP contribution in [0.3, 0.4) is 0 Å². The number of benzene rings is 1. The summed E-state index contributed by atoms with van der Waals surface area (Å²) in [5, 5.41) is 0. The molecule has 1 fully saturated rings. The van der Waals surface area contributed by atoms with Gasteiger partial charge in [-0.1, -0.05) is 18.2 Å². The minimum atomic E-state index is -4.11. The lowest BCUT2D eigenvalue weighted by Crippen LogP contribution is -2.38. The van der Waals surface area contributed by atoms with E-state index in [2.05, 4.69) is 4.98 Å². The minimum Gasteiger partial charge on any atom is -0.372 e. The van der Waals surface area contributed by atoms with Crippen LogP contribution in [0.25, 0.3) is 5.65 Å². The molecule has 152 valence electrons. The fraction of sp³-hybridized carbons (Fsp3) is 0.333. The van der Waals surface area contributed by atoms with Crippen LogP contribution in [0.5, 0.6) is 0 Å². The highest BCUT2D eigenvalue weighted by atomic mass is 19.4. The summed E-state index contributed by atoms with van der Waals surface area (Å²) in [6.07, 6.45) is -1.68. The van der Waals surface area contributed by atoms with Crippen LogP contribution < -0.4 is 10.6 Å². The summed E-state index contributed by atoms with van der Waals surface area (Å²) in [4.78, 5) is 18.4. The predicted molar refractivity (Wildman–Crippen MR) is 104 cm³/mol. The van der Waals surface area contributed by atoms with Crippen LogP contribution in [0.4, 0.5) is 18.9 Å². The van der Waals surface area contributed by atoms with Gasteiger partial charge in [-0.25, -0.2) is 4.98 Å². The van der Waals surface area contributed by atoms with Gasteiger partial charge in [0.25, 0.3) is 5.91 Å². The standard InChI is InChI=1S/C21H21F3N4O/c22-21(23,24)15-8-11-27(12-9-15)16-6-4-14(5-7-16)13-17-19(20(25)29)28-10-2-1-3-18(28)26-17/h1-7,10,15H,8-9,11-13H2,(H2,25,29). The SMILES string of the molecule is NC(=O)c1c(Cc2ccc(N3CCC(C(F)(F)F)CC3)cc2)nc2ccccn12. The van der Waals surface area contributed by atoms with Crippen LogP contribution >= 0.6 is 0 Å². The zero-order valence-electron chi connectivity index (χ0n) is 15.7. The lowest BCUT2D eigenvalue weighted by atomic mass is 9.96. The summed E-state index contributed by atoms with van der Waals surface area (Å²) in [5.41, 5.74) is 9.02. The number of alkyl halides is 3. The highest BCUT2D eigenvalue weighted by Crippen LogP contribution is 2.35. The summed E-state index contributed by atoms with van der Waals surface area (Å²) in [6, 6.07) is 13.1. The number of carbonyl (C=O) groups excluding carboxylic acids is 1. The van der Waals surface area contributed by atoms with E-state index in [0.717, 1.165) is 11.3 Å². The number of imidazole rings is 1. The van der Waals surface area contributed by atoms with Gasteiger partial charge < -0.3 is 10.6 Å². The van der Waals surface area contributed by atoms with Crippen molar-refractivity contribution in [2.45, 2.75) is 25.4 Å². The van der Waals surface area contributed by atoms with Crippen LogP contribution in [0.15, 0.2) is 48.7 Å². The molecule has 0 spiro atoms. The van der Waals surface area contributed by atoms with Crippen LogP contribution in [-0.4, -0.2) is 34.6 Å². The van der Waals surface area contributed by atoms with E-state index in [1.807, 2.05) is 47.4 Å². The lowest BCUT2D eigenvalue weighted by Gasteiger charge is -2.34. The molecule has 1 aliphatic rings. The van der Waals surface area contributed by atoms with E-state index in [9.17, 15) is 18.0 Å². The Morgan fingerprint density at radius 2 is 1.79 bits per heavy atom. The number of fused-ring (bicyclic) bond motifs is 1. The first-order chi connectivity index (χ1) is 13.8. The van der Waals surface area contributed by atoms with Crippen molar-refractivity contribution in [3.8, 4) is 0 Å². The van der Waals surface area contributed by atoms with E-state index in [-0.39, 0.29) is 12.8 Å². The monoisotopic (exact) mass is 402 g/mol. The van der Waals surface area contributed by atoms with Crippen molar-refractivity contribution >= 4 is 17.2 Å². The molecule has 0 radical (unpaired) electrons. The second-order valence-corrected chi connectivity index (χ2v) is 7.35. The first-order valence-corrected chi connectivity index (χ1v) is 9.49. The van der Waals surface area contributed by atoms with Crippen molar-refractivity contribution in [3.05, 3.63) is 65.6 Å². The summed E-state index contributed by atoms with van der Waals surface area (Å²) in [6.45, 7) is 0.781. The Morgan fingerprint density at radius 3 is 2.41 bits per heavy atom. The molecule has 0 atom stereocenters. The van der Waals surface area contributed by atoms with E-state index in [1.54, 1.807) is 10.6 Å². The van der Waals surface area contributed by atoms with E-state index in [1.165, 1.54) is 0 Å². The maximum absolute atomic E-state index is 12.8. The third-order valence-corrected chi connectivity index (χ3v) is 5.47. The van der Waals surface area contributed by atoms with Gasteiger partial charge in [-0.05, 0) is 42.7 Å². The van der Waals surface area contributed by atoms with Gasteiger partial charge in [0.15, 0.2) is 0 Å². The van der Waals surface area contributed by atoms with Crippen LogP contribution in [0.1, 0.15) is 34.6 Å². The van der Waals surface area contributed by atoms with E-state index >= 15 is 0 Å². The van der Waals surface area contributed by atoms with Gasteiger partial charge in [-0.3, -0.25) is 9.20 Å². The maximum atomic E-state index is 12.8. The second kappa shape index (κ2) is 7.42. The molecule has 4 rings (SSSR count). The summed E-state index contributed by atoms with van der Waals surface area (Å²) >= 11 is 0. The molecule has 29 heavy (non-hydrogen) atoms. The number of hydrogen-bond acceptors (Lipinski definition) is 3. The van der Waals surface area contributed by atoms with Crippen LogP contribution in [-0.2, 0) is 6.42 Å². The number of piperidine rings is 1. The van der Waals surface area contributed by atoms with E-state index in [0.29, 0.717) is 36.5 Å². The molecule has 0 aliphatic carbocycles. The fourth-order valence-corrected chi connectivity index (χ4v) is 3.91. The molecule has 0 bridgehead atoms. The maximum Gasteiger partial charge on any atom is 0.391 e. The number of rotatable bonds is 4. The Balaban J connectivity index is 1.49. The average molecular weight is 402 g/mol. The molecule has 2 N–H and O–H groups in total. The molecule has 1 aliphatic heterocycles. The number of carbonyl (C=O) groups is 1. The quantitative estimate of drug-likeness (QED) is 0.722. The number of amides is 1. The molecule has 0 unspecified atom stereocenters. The average Bonchev–Trinajstić information content (AvgIpc) is 3.06. The Kier molecular flexibility index (Phi) is 4.94. The van der Waals surface area contributed by atoms with Gasteiger partial charge >= 0.3 is 6.18 Å². The molecule has 8 heteroatoms. The Labute approximate surface area is 165 Å². The number of halogens is 3. The Morgan fingerprint density at radius 1 is 1.10 bits per heavy atom. The van der Waals surface area contributed by atoms with Crippen molar-refractivity contribution in [1.29, 1.82) is 0 Å². The number of aromatic nitrogens is 2.